The van der Waals surface area contributed by atoms with Crippen molar-refractivity contribution in [2.24, 2.45) is 4.99 Å². The number of aliphatic imine (C=N–C) groups is 1. The molecule has 0 radical (unpaired) electrons. The van der Waals surface area contributed by atoms with E-state index in [1.807, 2.05) is 23.9 Å². The summed E-state index contributed by atoms with van der Waals surface area (Å²) < 4.78 is 0. The number of benzene rings is 1. The molecule has 1 aliphatic rings. The monoisotopic (exact) mass is 268 g/mol. The molecule has 0 amide bonds. The van der Waals surface area contributed by atoms with Crippen LogP contribution in [-0.4, -0.2) is 18.3 Å². The molecule has 0 saturated heterocycles. The van der Waals surface area contributed by atoms with Crippen molar-refractivity contribution in [3.8, 4) is 10.4 Å². The first-order valence-electron chi connectivity index (χ1n) is 6.33. The fourth-order valence-corrected chi connectivity index (χ4v) is 3.60. The lowest BCUT2D eigenvalue weighted by Crippen LogP contribution is -2.22. The van der Waals surface area contributed by atoms with Crippen molar-refractivity contribution in [2.45, 2.75) is 13.0 Å². The van der Waals surface area contributed by atoms with Gasteiger partial charge in [0.1, 0.15) is 0 Å². The van der Waals surface area contributed by atoms with Gasteiger partial charge in [-0.2, -0.15) is 0 Å². The highest BCUT2D eigenvalue weighted by Gasteiger charge is 2.19. The van der Waals surface area contributed by atoms with Gasteiger partial charge in [-0.15, -0.1) is 11.3 Å². The van der Waals surface area contributed by atoms with Crippen LogP contribution in [0.3, 0.4) is 0 Å². The van der Waals surface area contributed by atoms with Gasteiger partial charge in [-0.3, -0.25) is 0 Å². The van der Waals surface area contributed by atoms with Crippen LogP contribution in [0.15, 0.2) is 53.7 Å². The molecule has 2 nitrogen and oxygen atoms in total. The molecule has 3 heteroatoms. The zero-order valence-electron chi connectivity index (χ0n) is 11.1. The van der Waals surface area contributed by atoms with Crippen LogP contribution in [0.4, 0.5) is 0 Å². The second-order valence-electron chi connectivity index (χ2n) is 4.74. The van der Waals surface area contributed by atoms with Crippen LogP contribution in [0.25, 0.3) is 10.4 Å². The molecule has 96 valence electrons. The number of thiophene rings is 1. The first-order chi connectivity index (χ1) is 9.25. The van der Waals surface area contributed by atoms with E-state index in [0.717, 1.165) is 0 Å². The predicted octanol–water partition coefficient (Wildman–Crippen LogP) is 4.25. The third-order valence-corrected chi connectivity index (χ3v) is 4.68. The van der Waals surface area contributed by atoms with E-state index in [2.05, 4.69) is 66.3 Å². The van der Waals surface area contributed by atoms with E-state index >= 15 is 0 Å². The molecule has 0 fully saturated rings. The van der Waals surface area contributed by atoms with Crippen molar-refractivity contribution in [2.75, 3.05) is 7.05 Å². The third kappa shape index (κ3) is 2.34. The number of hydrogen-bond acceptors (Lipinski definition) is 3. The summed E-state index contributed by atoms with van der Waals surface area (Å²) in [6.45, 7) is 2.19. The Morgan fingerprint density at radius 3 is 2.74 bits per heavy atom. The fourth-order valence-electron chi connectivity index (χ4n) is 2.29. The number of likely N-dealkylation sites (N-methyl/N-ethyl adjacent to an activating group) is 1. The highest BCUT2D eigenvalue weighted by Crippen LogP contribution is 2.37. The molecule has 3 rings (SSSR count). The molecular weight excluding hydrogens is 252 g/mol. The standard InChI is InChI=1S/C16H16N2S/c1-12-10-15(13-6-4-3-5-7-13)19-16(12)14-8-9-17-11-18(14)2/h3-11,14H,1-2H3. The Labute approximate surface area is 117 Å². The number of aryl methyl sites for hydroxylation is 1. The Bertz CT molecular complexity index is 625. The molecule has 0 spiro atoms. The van der Waals surface area contributed by atoms with E-state index in [4.69, 9.17) is 0 Å². The minimum Gasteiger partial charge on any atom is -0.354 e. The zero-order valence-corrected chi connectivity index (χ0v) is 11.9. The Kier molecular flexibility index (Phi) is 3.22. The lowest BCUT2D eigenvalue weighted by atomic mass is 10.1. The minimum absolute atomic E-state index is 0.306. The highest BCUT2D eigenvalue weighted by molar-refractivity contribution is 7.15. The average Bonchev–Trinajstić information content (AvgIpc) is 2.82. The highest BCUT2D eigenvalue weighted by atomic mass is 32.1. The maximum Gasteiger partial charge on any atom is 0.0910 e. The van der Waals surface area contributed by atoms with Crippen LogP contribution in [-0.2, 0) is 0 Å². The van der Waals surface area contributed by atoms with Crippen LogP contribution < -0.4 is 0 Å². The SMILES string of the molecule is Cc1cc(-c2ccccc2)sc1C1C=CN=CN1C. The minimum atomic E-state index is 0.306. The molecule has 2 aromatic rings. The fraction of sp³-hybridized carbons (Fsp3) is 0.188. The van der Waals surface area contributed by atoms with Gasteiger partial charge in [0.05, 0.1) is 12.4 Å². The van der Waals surface area contributed by atoms with Gasteiger partial charge in [0.25, 0.3) is 0 Å². The van der Waals surface area contributed by atoms with E-state index in [1.165, 1.54) is 20.9 Å². The second-order valence-corrected chi connectivity index (χ2v) is 5.82. The normalized spacial score (nSPS) is 18.0. The molecule has 2 heterocycles. The Morgan fingerprint density at radius 1 is 1.21 bits per heavy atom. The quantitative estimate of drug-likeness (QED) is 0.795. The van der Waals surface area contributed by atoms with Crippen molar-refractivity contribution in [1.82, 2.24) is 4.90 Å². The van der Waals surface area contributed by atoms with Gasteiger partial charge >= 0.3 is 0 Å². The van der Waals surface area contributed by atoms with Crippen LogP contribution in [0.2, 0.25) is 0 Å². The maximum absolute atomic E-state index is 4.15. The molecule has 1 aromatic heterocycles. The van der Waals surface area contributed by atoms with Gasteiger partial charge in [-0.25, -0.2) is 4.99 Å². The van der Waals surface area contributed by atoms with E-state index in [9.17, 15) is 0 Å². The average molecular weight is 268 g/mol. The predicted molar refractivity (Wildman–Crippen MR) is 82.6 cm³/mol. The van der Waals surface area contributed by atoms with Gasteiger partial charge in [-0.1, -0.05) is 30.3 Å². The molecule has 1 atom stereocenters. The topological polar surface area (TPSA) is 15.6 Å². The van der Waals surface area contributed by atoms with Crippen molar-refractivity contribution >= 4 is 17.7 Å². The molecule has 1 unspecified atom stereocenters. The largest absolute Gasteiger partial charge is 0.354 e. The molecular formula is C16H16N2S. The van der Waals surface area contributed by atoms with E-state index in [0.29, 0.717) is 6.04 Å². The van der Waals surface area contributed by atoms with Crippen LogP contribution in [0.5, 0.6) is 0 Å². The van der Waals surface area contributed by atoms with Crippen LogP contribution >= 0.6 is 11.3 Å². The van der Waals surface area contributed by atoms with Gasteiger partial charge in [0, 0.05) is 23.0 Å². The lowest BCUT2D eigenvalue weighted by Gasteiger charge is -2.24. The van der Waals surface area contributed by atoms with E-state index < -0.39 is 0 Å². The summed E-state index contributed by atoms with van der Waals surface area (Å²) in [4.78, 5) is 9.02. The first-order valence-corrected chi connectivity index (χ1v) is 7.15. The van der Waals surface area contributed by atoms with Crippen LogP contribution in [0.1, 0.15) is 16.5 Å². The van der Waals surface area contributed by atoms with Crippen molar-refractivity contribution in [3.05, 3.63) is 59.1 Å². The summed E-state index contributed by atoms with van der Waals surface area (Å²) in [6, 6.07) is 13.1. The molecule has 1 aliphatic heterocycles. The number of nitrogens with zero attached hydrogens (tertiary/aromatic N) is 2. The van der Waals surface area contributed by atoms with Crippen molar-refractivity contribution < 1.29 is 0 Å². The van der Waals surface area contributed by atoms with Gasteiger partial charge in [0.2, 0.25) is 0 Å². The second kappa shape index (κ2) is 5.02. The Hall–Kier alpha value is -1.87. The first kappa shape index (κ1) is 12.2. The van der Waals surface area contributed by atoms with Crippen molar-refractivity contribution in [1.29, 1.82) is 0 Å². The zero-order chi connectivity index (χ0) is 13.2. The van der Waals surface area contributed by atoms with Crippen molar-refractivity contribution in [3.63, 3.8) is 0 Å². The summed E-state index contributed by atoms with van der Waals surface area (Å²) in [6.07, 6.45) is 5.91. The summed E-state index contributed by atoms with van der Waals surface area (Å²) >= 11 is 1.87. The Morgan fingerprint density at radius 2 is 2.00 bits per heavy atom. The lowest BCUT2D eigenvalue weighted by molar-refractivity contribution is 0.450. The van der Waals surface area contributed by atoms with Crippen LogP contribution in [0, 0.1) is 6.92 Å². The maximum atomic E-state index is 4.15. The number of hydrogen-bond donors (Lipinski definition) is 0. The van der Waals surface area contributed by atoms with Gasteiger partial charge in [0.15, 0.2) is 0 Å². The summed E-state index contributed by atoms with van der Waals surface area (Å²) in [5, 5.41) is 0. The van der Waals surface area contributed by atoms with Gasteiger partial charge in [-0.05, 0) is 30.2 Å². The smallest absolute Gasteiger partial charge is 0.0910 e. The molecule has 0 bridgehead atoms. The molecule has 1 aromatic carbocycles. The number of rotatable bonds is 2. The summed E-state index contributed by atoms with van der Waals surface area (Å²) in [5.41, 5.74) is 2.64. The summed E-state index contributed by atoms with van der Waals surface area (Å²) in [5.74, 6) is 0. The third-order valence-electron chi connectivity index (χ3n) is 3.33. The molecule has 0 saturated carbocycles. The van der Waals surface area contributed by atoms with E-state index in [-0.39, 0.29) is 0 Å². The van der Waals surface area contributed by atoms with E-state index in [1.54, 1.807) is 0 Å². The molecule has 0 aliphatic carbocycles. The van der Waals surface area contributed by atoms with Gasteiger partial charge < -0.3 is 4.90 Å². The summed E-state index contributed by atoms with van der Waals surface area (Å²) in [7, 11) is 2.07. The molecule has 0 N–H and O–H groups in total. The molecule has 19 heavy (non-hydrogen) atoms. The Balaban J connectivity index is 1.98.